The third-order valence-electron chi connectivity index (χ3n) is 12.8. The van der Waals surface area contributed by atoms with Crippen LogP contribution in [0.15, 0.2) is 0 Å². The lowest BCUT2D eigenvalue weighted by Crippen LogP contribution is -2.62. The van der Waals surface area contributed by atoms with Crippen LogP contribution in [0.2, 0.25) is 0 Å². The van der Waals surface area contributed by atoms with Crippen molar-refractivity contribution in [1.29, 1.82) is 0 Å². The van der Waals surface area contributed by atoms with Crippen LogP contribution >= 0.6 is 0 Å². The maximum Gasteiger partial charge on any atom is 0.220 e. The minimum atomic E-state index is -4.18. The molecule has 4 fully saturated rings. The third kappa shape index (κ3) is 7.95. The minimum Gasteiger partial charge on any atom is -0.748 e. The Labute approximate surface area is 259 Å². The molecule has 10 nitrogen and oxygen atoms in total. The number of hydrogen-bond donors (Lipinski definition) is 4. The molecular formula is C32H60N2O8S. The maximum absolute atomic E-state index is 12.7. The van der Waals surface area contributed by atoms with Crippen molar-refractivity contribution in [3.8, 4) is 0 Å². The Morgan fingerprint density at radius 3 is 2.37 bits per heavy atom. The SMILES string of the molecule is CC(CCC(=O)NCCC[N+](C)(C)CCCS(=O)(=O)[O-])C1CCC2C3C(O)CC4CC(O)CCC4(C)C3CC(O)C12C.O. The Kier molecular flexibility index (Phi) is 11.8. The van der Waals surface area contributed by atoms with Crippen molar-refractivity contribution in [3.63, 3.8) is 0 Å². The molecule has 1 amide bonds. The van der Waals surface area contributed by atoms with E-state index in [2.05, 4.69) is 26.1 Å². The van der Waals surface area contributed by atoms with E-state index in [1.807, 2.05) is 14.1 Å². The molecule has 0 aromatic rings. The summed E-state index contributed by atoms with van der Waals surface area (Å²) < 4.78 is 33.1. The number of carbonyl (C=O) groups excluding carboxylic acids is 1. The van der Waals surface area contributed by atoms with Gasteiger partial charge in [-0.2, -0.15) is 0 Å². The summed E-state index contributed by atoms with van der Waals surface area (Å²) in [5, 5.41) is 36.6. The molecule has 0 heterocycles. The molecule has 43 heavy (non-hydrogen) atoms. The zero-order chi connectivity index (χ0) is 31.1. The highest BCUT2D eigenvalue weighted by Gasteiger charge is 2.65. The molecule has 252 valence electrons. The van der Waals surface area contributed by atoms with Gasteiger partial charge < -0.3 is 35.1 Å². The molecule has 0 aromatic heterocycles. The first-order chi connectivity index (χ1) is 19.5. The van der Waals surface area contributed by atoms with Gasteiger partial charge >= 0.3 is 0 Å². The second-order valence-electron chi connectivity index (χ2n) is 15.7. The van der Waals surface area contributed by atoms with Crippen molar-refractivity contribution in [2.45, 2.75) is 110 Å². The van der Waals surface area contributed by atoms with Gasteiger partial charge in [0.05, 0.1) is 55.6 Å². The molecule has 0 radical (unpaired) electrons. The summed E-state index contributed by atoms with van der Waals surface area (Å²) >= 11 is 0. The topological polar surface area (TPSA) is 178 Å². The lowest BCUT2D eigenvalue weighted by atomic mass is 9.43. The average Bonchev–Trinajstić information content (AvgIpc) is 3.24. The molecule has 11 atom stereocenters. The van der Waals surface area contributed by atoms with Gasteiger partial charge in [-0.25, -0.2) is 8.42 Å². The van der Waals surface area contributed by atoms with E-state index in [1.165, 1.54) is 0 Å². The van der Waals surface area contributed by atoms with E-state index >= 15 is 0 Å². The zero-order valence-corrected chi connectivity index (χ0v) is 27.9. The summed E-state index contributed by atoms with van der Waals surface area (Å²) in [6.45, 7) is 8.78. The fraction of sp³-hybridized carbons (Fsp3) is 0.969. The second-order valence-corrected chi connectivity index (χ2v) is 17.3. The molecule has 4 rings (SSSR count). The number of carbonyl (C=O) groups is 1. The highest BCUT2D eigenvalue weighted by Crippen LogP contribution is 2.68. The van der Waals surface area contributed by atoms with Crippen LogP contribution in [0.3, 0.4) is 0 Å². The molecule has 11 heteroatoms. The molecule has 0 spiro atoms. The highest BCUT2D eigenvalue weighted by atomic mass is 32.2. The van der Waals surface area contributed by atoms with Crippen molar-refractivity contribution in [3.05, 3.63) is 0 Å². The Bertz CT molecular complexity index is 1060. The highest BCUT2D eigenvalue weighted by molar-refractivity contribution is 7.85. The van der Waals surface area contributed by atoms with Crippen molar-refractivity contribution in [2.75, 3.05) is 39.5 Å². The molecule has 6 N–H and O–H groups in total. The van der Waals surface area contributed by atoms with Crippen molar-refractivity contribution < 1.29 is 43.0 Å². The second kappa shape index (κ2) is 13.9. The lowest BCUT2D eigenvalue weighted by molar-refractivity contribution is -0.890. The first-order valence-corrected chi connectivity index (χ1v) is 18.1. The summed E-state index contributed by atoms with van der Waals surface area (Å²) in [5.41, 5.74) is -0.191. The number of hydrogen-bond acceptors (Lipinski definition) is 7. The molecule has 0 aromatic carbocycles. The van der Waals surface area contributed by atoms with Gasteiger partial charge in [-0.15, -0.1) is 0 Å². The van der Waals surface area contributed by atoms with Gasteiger partial charge in [0, 0.05) is 31.6 Å². The number of aliphatic hydroxyl groups is 3. The molecule has 4 aliphatic carbocycles. The first kappa shape index (κ1) is 36.6. The Morgan fingerprint density at radius 2 is 1.70 bits per heavy atom. The first-order valence-electron chi connectivity index (χ1n) is 16.5. The summed E-state index contributed by atoms with van der Waals surface area (Å²) in [6.07, 6.45) is 7.35. The maximum atomic E-state index is 12.7. The van der Waals surface area contributed by atoms with Crippen molar-refractivity contribution >= 4 is 16.0 Å². The molecule has 11 unspecified atom stereocenters. The van der Waals surface area contributed by atoms with Crippen LogP contribution in [0, 0.1) is 46.3 Å². The summed E-state index contributed by atoms with van der Waals surface area (Å²) in [6, 6.07) is 0. The summed E-state index contributed by atoms with van der Waals surface area (Å²) in [7, 11) is -0.177. The van der Waals surface area contributed by atoms with Gasteiger partial charge in [-0.1, -0.05) is 20.8 Å². The van der Waals surface area contributed by atoms with Crippen LogP contribution < -0.4 is 5.32 Å². The Hall–Kier alpha value is -0.820. The largest absolute Gasteiger partial charge is 0.748 e. The number of aliphatic hydroxyl groups excluding tert-OH is 3. The van der Waals surface area contributed by atoms with Gasteiger partial charge in [0.1, 0.15) is 0 Å². The van der Waals surface area contributed by atoms with Crippen LogP contribution in [0.25, 0.3) is 0 Å². The van der Waals surface area contributed by atoms with E-state index in [1.54, 1.807) is 0 Å². The van der Waals surface area contributed by atoms with Gasteiger partial charge in [0.2, 0.25) is 5.91 Å². The molecule has 4 aliphatic rings. The number of fused-ring (bicyclic) bond motifs is 5. The number of rotatable bonds is 12. The van der Waals surface area contributed by atoms with E-state index in [-0.39, 0.29) is 57.9 Å². The standard InChI is InChI=1S/C32H58N2O7S.H2O/c1-21(8-11-29(38)33-14-6-15-34(4,5)16-7-17-42(39,40)41)24-9-10-25-30-26(20-28(37)32(24,25)3)31(2)13-12-23(35)18-22(31)19-27(30)36;/h21-28,30,35-37H,6-20H2,1-5H3,(H-,33,38,39,40,41);1H2. The van der Waals surface area contributed by atoms with Crippen LogP contribution in [0.1, 0.15) is 91.4 Å². The number of nitrogens with one attached hydrogen (secondary N) is 1. The van der Waals surface area contributed by atoms with Crippen molar-refractivity contribution in [2.24, 2.45) is 46.3 Å². The fourth-order valence-corrected chi connectivity index (χ4v) is 10.8. The lowest BCUT2D eigenvalue weighted by Gasteiger charge is -2.63. The van der Waals surface area contributed by atoms with Crippen molar-refractivity contribution in [1.82, 2.24) is 5.32 Å². The summed E-state index contributed by atoms with van der Waals surface area (Å²) in [5.74, 6) is 1.38. The zero-order valence-electron chi connectivity index (χ0n) is 27.1. The third-order valence-corrected chi connectivity index (χ3v) is 13.6. The number of nitrogens with zero attached hydrogens (tertiary/aromatic N) is 1. The van der Waals surface area contributed by atoms with Crippen LogP contribution in [0.4, 0.5) is 0 Å². The number of quaternary nitrogens is 1. The fourth-order valence-electron chi connectivity index (χ4n) is 10.3. The van der Waals surface area contributed by atoms with Gasteiger partial charge in [0.25, 0.3) is 0 Å². The molecule has 0 aliphatic heterocycles. The van der Waals surface area contributed by atoms with E-state index < -0.39 is 16.2 Å². The minimum absolute atomic E-state index is 0. The molecule has 0 bridgehead atoms. The van der Waals surface area contributed by atoms with Crippen LogP contribution in [0.5, 0.6) is 0 Å². The Balaban J connectivity index is 0.00000506. The normalized spacial score (nSPS) is 40.0. The van der Waals surface area contributed by atoms with Crippen LogP contribution in [-0.2, 0) is 14.9 Å². The monoisotopic (exact) mass is 632 g/mol. The quantitative estimate of drug-likeness (QED) is 0.144. The van der Waals surface area contributed by atoms with E-state index in [9.17, 15) is 33.1 Å². The predicted octanol–water partition coefficient (Wildman–Crippen LogP) is 2.06. The molecular weight excluding hydrogens is 572 g/mol. The number of amides is 1. The average molecular weight is 633 g/mol. The smallest absolute Gasteiger partial charge is 0.220 e. The van der Waals surface area contributed by atoms with E-state index in [0.29, 0.717) is 48.2 Å². The predicted molar refractivity (Wildman–Crippen MR) is 165 cm³/mol. The molecule has 0 saturated heterocycles. The van der Waals surface area contributed by atoms with E-state index in [0.717, 1.165) is 64.3 Å². The molecule has 4 saturated carbocycles. The summed E-state index contributed by atoms with van der Waals surface area (Å²) in [4.78, 5) is 12.7. The van der Waals surface area contributed by atoms with Gasteiger partial charge in [-0.3, -0.25) is 4.79 Å². The van der Waals surface area contributed by atoms with E-state index in [4.69, 9.17) is 0 Å². The van der Waals surface area contributed by atoms with Gasteiger partial charge in [-0.05, 0) is 97.7 Å². The van der Waals surface area contributed by atoms with Crippen LogP contribution in [-0.4, -0.2) is 102 Å². The van der Waals surface area contributed by atoms with Gasteiger partial charge in [0.15, 0.2) is 0 Å². The Morgan fingerprint density at radius 1 is 1.02 bits per heavy atom.